The molecule has 0 atom stereocenters. The Morgan fingerprint density at radius 3 is 2.80 bits per heavy atom. The Hall–Kier alpha value is -1.78. The van der Waals surface area contributed by atoms with Gasteiger partial charge in [0.1, 0.15) is 12.4 Å². The van der Waals surface area contributed by atoms with E-state index in [0.29, 0.717) is 27.1 Å². The highest BCUT2D eigenvalue weighted by atomic mass is 35.5. The van der Waals surface area contributed by atoms with Crippen LogP contribution in [0.2, 0.25) is 10.0 Å². The van der Waals surface area contributed by atoms with Crippen molar-refractivity contribution in [2.45, 2.75) is 6.61 Å². The van der Waals surface area contributed by atoms with Crippen molar-refractivity contribution in [2.75, 3.05) is 7.05 Å². The quantitative estimate of drug-likeness (QED) is 0.942. The average Bonchev–Trinajstić information content (AvgIpc) is 2.46. The molecule has 0 aliphatic rings. The number of nitrogens with one attached hydrogen (secondary N) is 1. The molecule has 0 saturated heterocycles. The van der Waals surface area contributed by atoms with Gasteiger partial charge in [-0.15, -0.1) is 0 Å². The minimum atomic E-state index is -0.212. The standard InChI is InChI=1S/C14H12Cl2N2O2/c1-17-14(19)10-4-2-3-5-13(10)20-8-12-11(16)6-9(15)7-18-12/h2-7H,8H2,1H3,(H,17,19). The Kier molecular flexibility index (Phi) is 4.82. The van der Waals surface area contributed by atoms with Gasteiger partial charge in [-0.05, 0) is 18.2 Å². The van der Waals surface area contributed by atoms with E-state index >= 15 is 0 Å². The number of hydrogen-bond acceptors (Lipinski definition) is 3. The van der Waals surface area contributed by atoms with Crippen molar-refractivity contribution >= 4 is 29.1 Å². The Morgan fingerprint density at radius 1 is 1.35 bits per heavy atom. The lowest BCUT2D eigenvalue weighted by atomic mass is 10.2. The number of carbonyl (C=O) groups excluding carboxylic acids is 1. The number of halogens is 2. The number of carbonyl (C=O) groups is 1. The van der Waals surface area contributed by atoms with Gasteiger partial charge < -0.3 is 10.1 Å². The highest BCUT2D eigenvalue weighted by molar-refractivity contribution is 6.34. The third-order valence-corrected chi connectivity index (χ3v) is 3.14. The van der Waals surface area contributed by atoms with Crippen LogP contribution in [-0.2, 0) is 6.61 Å². The summed E-state index contributed by atoms with van der Waals surface area (Å²) in [6.07, 6.45) is 1.50. The first kappa shape index (κ1) is 14.6. The minimum Gasteiger partial charge on any atom is -0.486 e. The van der Waals surface area contributed by atoms with Crippen LogP contribution >= 0.6 is 23.2 Å². The zero-order chi connectivity index (χ0) is 14.5. The molecule has 2 aromatic rings. The number of ether oxygens (including phenoxy) is 1. The van der Waals surface area contributed by atoms with Gasteiger partial charge in [0.05, 0.1) is 21.3 Å². The van der Waals surface area contributed by atoms with Crippen molar-refractivity contribution in [1.82, 2.24) is 10.3 Å². The first-order chi connectivity index (χ1) is 9.61. The summed E-state index contributed by atoms with van der Waals surface area (Å²) in [7, 11) is 1.57. The smallest absolute Gasteiger partial charge is 0.254 e. The maximum Gasteiger partial charge on any atom is 0.254 e. The minimum absolute atomic E-state index is 0.157. The molecule has 0 radical (unpaired) electrons. The second-order valence-corrected chi connectivity index (χ2v) is 4.79. The van der Waals surface area contributed by atoms with Gasteiger partial charge in [-0.1, -0.05) is 35.3 Å². The Morgan fingerprint density at radius 2 is 2.10 bits per heavy atom. The largest absolute Gasteiger partial charge is 0.486 e. The summed E-state index contributed by atoms with van der Waals surface area (Å²) < 4.78 is 5.62. The zero-order valence-corrected chi connectivity index (χ0v) is 12.2. The van der Waals surface area contributed by atoms with Gasteiger partial charge in [-0.2, -0.15) is 0 Å². The molecule has 1 heterocycles. The third kappa shape index (κ3) is 3.40. The SMILES string of the molecule is CNC(=O)c1ccccc1OCc1ncc(Cl)cc1Cl. The molecular formula is C14H12Cl2N2O2. The molecule has 0 unspecified atom stereocenters. The van der Waals surface area contributed by atoms with E-state index in [1.54, 1.807) is 37.4 Å². The number of benzene rings is 1. The number of hydrogen-bond donors (Lipinski definition) is 1. The molecule has 0 aliphatic carbocycles. The first-order valence-electron chi connectivity index (χ1n) is 5.85. The van der Waals surface area contributed by atoms with Gasteiger partial charge >= 0.3 is 0 Å². The Bertz CT molecular complexity index is 632. The summed E-state index contributed by atoms with van der Waals surface area (Å²) in [5.41, 5.74) is 1.02. The third-order valence-electron chi connectivity index (χ3n) is 2.61. The number of amides is 1. The Labute approximate surface area is 126 Å². The van der Waals surface area contributed by atoms with E-state index in [1.165, 1.54) is 6.20 Å². The summed E-state index contributed by atoms with van der Waals surface area (Å²) in [6.45, 7) is 0.157. The molecular weight excluding hydrogens is 299 g/mol. The molecule has 20 heavy (non-hydrogen) atoms. The maximum atomic E-state index is 11.7. The van der Waals surface area contributed by atoms with Gasteiger partial charge in [0.15, 0.2) is 0 Å². The van der Waals surface area contributed by atoms with Crippen molar-refractivity contribution in [1.29, 1.82) is 0 Å². The van der Waals surface area contributed by atoms with Crippen LogP contribution in [-0.4, -0.2) is 17.9 Å². The normalized spacial score (nSPS) is 10.2. The van der Waals surface area contributed by atoms with Crippen molar-refractivity contribution < 1.29 is 9.53 Å². The number of aromatic nitrogens is 1. The van der Waals surface area contributed by atoms with Gasteiger partial charge in [0.25, 0.3) is 5.91 Å². The molecule has 0 saturated carbocycles. The molecule has 1 aromatic carbocycles. The molecule has 1 amide bonds. The van der Waals surface area contributed by atoms with Gasteiger partial charge in [0, 0.05) is 13.2 Å². The summed E-state index contributed by atoms with van der Waals surface area (Å²) in [5.74, 6) is 0.260. The van der Waals surface area contributed by atoms with Crippen molar-refractivity contribution in [3.63, 3.8) is 0 Å². The van der Waals surface area contributed by atoms with Gasteiger partial charge in [-0.3, -0.25) is 9.78 Å². The zero-order valence-electron chi connectivity index (χ0n) is 10.7. The number of para-hydroxylation sites is 1. The van der Waals surface area contributed by atoms with Crippen LogP contribution < -0.4 is 10.1 Å². The van der Waals surface area contributed by atoms with E-state index in [0.717, 1.165) is 0 Å². The predicted molar refractivity (Wildman–Crippen MR) is 78.4 cm³/mol. The average molecular weight is 311 g/mol. The number of rotatable bonds is 4. The summed E-state index contributed by atoms with van der Waals surface area (Å²) >= 11 is 11.8. The van der Waals surface area contributed by atoms with Crippen LogP contribution in [0.3, 0.4) is 0 Å². The molecule has 6 heteroatoms. The van der Waals surface area contributed by atoms with Crippen molar-refractivity contribution in [3.05, 3.63) is 57.8 Å². The van der Waals surface area contributed by atoms with Crippen LogP contribution in [0.4, 0.5) is 0 Å². The molecule has 0 fully saturated rings. The van der Waals surface area contributed by atoms with Crippen LogP contribution in [0.15, 0.2) is 36.5 Å². The van der Waals surface area contributed by atoms with Crippen LogP contribution in [0, 0.1) is 0 Å². The lowest BCUT2D eigenvalue weighted by molar-refractivity contribution is 0.0958. The van der Waals surface area contributed by atoms with Crippen molar-refractivity contribution in [2.24, 2.45) is 0 Å². The monoisotopic (exact) mass is 310 g/mol. The van der Waals surface area contributed by atoms with E-state index in [1.807, 2.05) is 0 Å². The molecule has 0 spiro atoms. The summed E-state index contributed by atoms with van der Waals surface area (Å²) in [4.78, 5) is 15.8. The number of pyridine rings is 1. The molecule has 2 rings (SSSR count). The van der Waals surface area contributed by atoms with Gasteiger partial charge in [-0.25, -0.2) is 0 Å². The van der Waals surface area contributed by atoms with Crippen LogP contribution in [0.25, 0.3) is 0 Å². The molecule has 1 aromatic heterocycles. The fourth-order valence-corrected chi connectivity index (χ4v) is 2.04. The molecule has 4 nitrogen and oxygen atoms in total. The Balaban J connectivity index is 2.17. The molecule has 0 aliphatic heterocycles. The predicted octanol–water partition coefficient (Wildman–Crippen LogP) is 3.33. The second kappa shape index (κ2) is 6.59. The highest BCUT2D eigenvalue weighted by Crippen LogP contribution is 2.22. The topological polar surface area (TPSA) is 51.2 Å². The number of nitrogens with zero attached hydrogens (tertiary/aromatic N) is 1. The molecule has 1 N–H and O–H groups in total. The highest BCUT2D eigenvalue weighted by Gasteiger charge is 2.11. The lowest BCUT2D eigenvalue weighted by Gasteiger charge is -2.11. The lowest BCUT2D eigenvalue weighted by Crippen LogP contribution is -2.18. The van der Waals surface area contributed by atoms with E-state index in [4.69, 9.17) is 27.9 Å². The summed E-state index contributed by atoms with van der Waals surface area (Å²) in [6, 6.07) is 8.56. The molecule has 104 valence electrons. The fourth-order valence-electron chi connectivity index (χ4n) is 1.61. The van der Waals surface area contributed by atoms with Gasteiger partial charge in [0.2, 0.25) is 0 Å². The van der Waals surface area contributed by atoms with Crippen LogP contribution in [0.5, 0.6) is 5.75 Å². The van der Waals surface area contributed by atoms with E-state index < -0.39 is 0 Å². The van der Waals surface area contributed by atoms with E-state index in [9.17, 15) is 4.79 Å². The molecule has 0 bridgehead atoms. The second-order valence-electron chi connectivity index (χ2n) is 3.95. The maximum absolute atomic E-state index is 11.7. The van der Waals surface area contributed by atoms with E-state index in [2.05, 4.69) is 10.3 Å². The fraction of sp³-hybridized carbons (Fsp3) is 0.143. The van der Waals surface area contributed by atoms with Crippen molar-refractivity contribution in [3.8, 4) is 5.75 Å². The summed E-state index contributed by atoms with van der Waals surface area (Å²) in [5, 5.41) is 3.45. The first-order valence-corrected chi connectivity index (χ1v) is 6.61. The van der Waals surface area contributed by atoms with Crippen LogP contribution in [0.1, 0.15) is 16.1 Å². The van der Waals surface area contributed by atoms with E-state index in [-0.39, 0.29) is 12.5 Å².